The molecule has 8 nitrogen and oxygen atoms in total. The second-order valence-electron chi connectivity index (χ2n) is 5.61. The zero-order valence-electron chi connectivity index (χ0n) is 14.4. The van der Waals surface area contributed by atoms with Crippen LogP contribution in [0.2, 0.25) is 0 Å². The maximum Gasteiger partial charge on any atom is 0.255 e. The quantitative estimate of drug-likeness (QED) is 0.736. The Bertz CT molecular complexity index is 933. The van der Waals surface area contributed by atoms with Gasteiger partial charge in [-0.1, -0.05) is 12.1 Å². The molecule has 0 spiro atoms. The Hall–Kier alpha value is -3.55. The van der Waals surface area contributed by atoms with Crippen molar-refractivity contribution in [2.45, 2.75) is 20.4 Å². The van der Waals surface area contributed by atoms with E-state index in [0.29, 0.717) is 29.3 Å². The van der Waals surface area contributed by atoms with Crippen molar-refractivity contribution in [3.8, 4) is 11.4 Å². The summed E-state index contributed by atoms with van der Waals surface area (Å²) in [6.07, 6.45) is 0. The summed E-state index contributed by atoms with van der Waals surface area (Å²) >= 11 is 0. The minimum absolute atomic E-state index is 0.145. The van der Waals surface area contributed by atoms with Crippen LogP contribution >= 0.6 is 0 Å². The number of carbonyl (C=O) groups is 2. The van der Waals surface area contributed by atoms with Gasteiger partial charge in [0.2, 0.25) is 5.91 Å². The molecule has 0 bridgehead atoms. The van der Waals surface area contributed by atoms with Crippen LogP contribution in [-0.4, -0.2) is 32.0 Å². The summed E-state index contributed by atoms with van der Waals surface area (Å²) in [5, 5.41) is 17.1. The molecule has 2 aromatic carbocycles. The van der Waals surface area contributed by atoms with E-state index in [-0.39, 0.29) is 11.8 Å². The second-order valence-corrected chi connectivity index (χ2v) is 5.61. The van der Waals surface area contributed by atoms with Crippen LogP contribution in [0, 0.1) is 0 Å². The zero-order chi connectivity index (χ0) is 18.5. The molecule has 8 heteroatoms. The number of hydrogen-bond acceptors (Lipinski definition) is 5. The average Bonchev–Trinajstić information content (AvgIpc) is 3.12. The van der Waals surface area contributed by atoms with E-state index in [1.54, 1.807) is 47.1 Å². The molecule has 0 fully saturated rings. The lowest BCUT2D eigenvalue weighted by atomic mass is 10.1. The summed E-state index contributed by atoms with van der Waals surface area (Å²) in [6.45, 7) is 4.03. The SMILES string of the molecule is CCn1nnnc1-c1cccc(C(=O)Nc2ccc(NC(C)=O)cc2)c1. The normalized spacial score (nSPS) is 10.4. The minimum atomic E-state index is -0.241. The van der Waals surface area contributed by atoms with E-state index in [1.165, 1.54) is 6.92 Å². The molecule has 1 aromatic heterocycles. The largest absolute Gasteiger partial charge is 0.326 e. The molecule has 0 aliphatic carbocycles. The number of nitrogens with zero attached hydrogens (tertiary/aromatic N) is 4. The molecule has 1 heterocycles. The number of benzene rings is 2. The van der Waals surface area contributed by atoms with Gasteiger partial charge in [0.05, 0.1) is 0 Å². The Balaban J connectivity index is 1.76. The number of aromatic nitrogens is 4. The highest BCUT2D eigenvalue weighted by Crippen LogP contribution is 2.19. The van der Waals surface area contributed by atoms with Gasteiger partial charge < -0.3 is 10.6 Å². The molecule has 0 saturated carbocycles. The second kappa shape index (κ2) is 7.56. The lowest BCUT2D eigenvalue weighted by molar-refractivity contribution is -0.114. The van der Waals surface area contributed by atoms with Crippen molar-refractivity contribution < 1.29 is 9.59 Å². The van der Waals surface area contributed by atoms with Crippen molar-refractivity contribution in [2.75, 3.05) is 10.6 Å². The number of rotatable bonds is 5. The summed E-state index contributed by atoms with van der Waals surface area (Å²) in [7, 11) is 0. The number of tetrazole rings is 1. The van der Waals surface area contributed by atoms with E-state index in [4.69, 9.17) is 0 Å². The van der Waals surface area contributed by atoms with E-state index < -0.39 is 0 Å². The molecule has 0 unspecified atom stereocenters. The Kier molecular flexibility index (Phi) is 5.02. The fourth-order valence-corrected chi connectivity index (χ4v) is 2.47. The summed E-state index contributed by atoms with van der Waals surface area (Å²) in [5.41, 5.74) is 2.57. The molecular formula is C18H18N6O2. The van der Waals surface area contributed by atoms with Gasteiger partial charge in [-0.15, -0.1) is 5.10 Å². The molecule has 0 aliphatic rings. The number of hydrogen-bond donors (Lipinski definition) is 2. The van der Waals surface area contributed by atoms with E-state index in [1.807, 2.05) is 13.0 Å². The number of anilines is 2. The molecule has 0 radical (unpaired) electrons. The maximum absolute atomic E-state index is 12.5. The van der Waals surface area contributed by atoms with Crippen LogP contribution in [-0.2, 0) is 11.3 Å². The fourth-order valence-electron chi connectivity index (χ4n) is 2.47. The number of carbonyl (C=O) groups excluding carboxylic acids is 2. The van der Waals surface area contributed by atoms with E-state index in [2.05, 4.69) is 26.2 Å². The van der Waals surface area contributed by atoms with Crippen molar-refractivity contribution in [1.82, 2.24) is 20.2 Å². The molecule has 2 N–H and O–H groups in total. The van der Waals surface area contributed by atoms with Gasteiger partial charge in [-0.2, -0.15) is 0 Å². The van der Waals surface area contributed by atoms with Gasteiger partial charge in [0.15, 0.2) is 5.82 Å². The lowest BCUT2D eigenvalue weighted by Crippen LogP contribution is -2.12. The van der Waals surface area contributed by atoms with Gasteiger partial charge in [0.25, 0.3) is 5.91 Å². The van der Waals surface area contributed by atoms with Crippen LogP contribution < -0.4 is 10.6 Å². The van der Waals surface area contributed by atoms with Gasteiger partial charge in [-0.25, -0.2) is 4.68 Å². The van der Waals surface area contributed by atoms with Gasteiger partial charge >= 0.3 is 0 Å². The van der Waals surface area contributed by atoms with Crippen LogP contribution in [0.25, 0.3) is 11.4 Å². The first kappa shape index (κ1) is 17.3. The lowest BCUT2D eigenvalue weighted by Gasteiger charge is -2.08. The minimum Gasteiger partial charge on any atom is -0.326 e. The standard InChI is InChI=1S/C18H18N6O2/c1-3-24-17(21-22-23-24)13-5-4-6-14(11-13)18(26)20-16-9-7-15(8-10-16)19-12(2)25/h4-11H,3H2,1-2H3,(H,19,25)(H,20,26). The van der Waals surface area contributed by atoms with Crippen LogP contribution in [0.1, 0.15) is 24.2 Å². The van der Waals surface area contributed by atoms with Crippen molar-refractivity contribution in [3.63, 3.8) is 0 Å². The van der Waals surface area contributed by atoms with Crippen LogP contribution in [0.3, 0.4) is 0 Å². The van der Waals surface area contributed by atoms with Crippen molar-refractivity contribution in [1.29, 1.82) is 0 Å². The molecule has 132 valence electrons. The first-order valence-corrected chi connectivity index (χ1v) is 8.12. The maximum atomic E-state index is 12.5. The monoisotopic (exact) mass is 350 g/mol. The van der Waals surface area contributed by atoms with Crippen molar-refractivity contribution >= 4 is 23.2 Å². The van der Waals surface area contributed by atoms with E-state index in [9.17, 15) is 9.59 Å². The Morgan fingerprint density at radius 3 is 2.38 bits per heavy atom. The molecular weight excluding hydrogens is 332 g/mol. The van der Waals surface area contributed by atoms with Gasteiger partial charge in [0.1, 0.15) is 0 Å². The summed E-state index contributed by atoms with van der Waals surface area (Å²) < 4.78 is 1.66. The van der Waals surface area contributed by atoms with Crippen molar-refractivity contribution in [2.24, 2.45) is 0 Å². The highest BCUT2D eigenvalue weighted by molar-refractivity contribution is 6.05. The van der Waals surface area contributed by atoms with Crippen LogP contribution in [0.15, 0.2) is 48.5 Å². The Labute approximate surface area is 150 Å². The third-order valence-corrected chi connectivity index (χ3v) is 3.68. The zero-order valence-corrected chi connectivity index (χ0v) is 14.4. The smallest absolute Gasteiger partial charge is 0.255 e. The van der Waals surface area contributed by atoms with E-state index in [0.717, 1.165) is 5.56 Å². The highest BCUT2D eigenvalue weighted by Gasteiger charge is 2.11. The first-order valence-electron chi connectivity index (χ1n) is 8.12. The predicted octanol–water partition coefficient (Wildman–Crippen LogP) is 2.57. The average molecular weight is 350 g/mol. The van der Waals surface area contributed by atoms with Crippen LogP contribution in [0.4, 0.5) is 11.4 Å². The molecule has 3 aromatic rings. The third-order valence-electron chi connectivity index (χ3n) is 3.68. The van der Waals surface area contributed by atoms with E-state index >= 15 is 0 Å². The molecule has 3 rings (SSSR count). The van der Waals surface area contributed by atoms with Crippen LogP contribution in [0.5, 0.6) is 0 Å². The van der Waals surface area contributed by atoms with Gasteiger partial charge in [-0.3, -0.25) is 9.59 Å². The van der Waals surface area contributed by atoms with Crippen molar-refractivity contribution in [3.05, 3.63) is 54.1 Å². The summed E-state index contributed by atoms with van der Waals surface area (Å²) in [6, 6.07) is 14.0. The topological polar surface area (TPSA) is 102 Å². The first-order chi connectivity index (χ1) is 12.6. The Morgan fingerprint density at radius 2 is 1.73 bits per heavy atom. The number of aryl methyl sites for hydroxylation is 1. The molecule has 0 atom stereocenters. The number of amides is 2. The fraction of sp³-hybridized carbons (Fsp3) is 0.167. The van der Waals surface area contributed by atoms with Gasteiger partial charge in [-0.05, 0) is 53.7 Å². The number of nitrogens with one attached hydrogen (secondary N) is 2. The molecule has 0 aliphatic heterocycles. The predicted molar refractivity (Wildman–Crippen MR) is 97.6 cm³/mol. The van der Waals surface area contributed by atoms with Gasteiger partial charge in [0, 0.05) is 36.0 Å². The summed E-state index contributed by atoms with van der Waals surface area (Å²) in [4.78, 5) is 23.6. The molecule has 2 amide bonds. The Morgan fingerprint density at radius 1 is 1.04 bits per heavy atom. The third kappa shape index (κ3) is 3.92. The summed E-state index contributed by atoms with van der Waals surface area (Å²) in [5.74, 6) is 0.226. The molecule has 0 saturated heterocycles. The molecule has 26 heavy (non-hydrogen) atoms. The highest BCUT2D eigenvalue weighted by atomic mass is 16.2.